The summed E-state index contributed by atoms with van der Waals surface area (Å²) < 4.78 is 19.9. The van der Waals surface area contributed by atoms with E-state index in [1.807, 2.05) is 29.2 Å². The van der Waals surface area contributed by atoms with Gasteiger partial charge in [0.25, 0.3) is 6.01 Å². The van der Waals surface area contributed by atoms with Crippen LogP contribution in [-0.2, 0) is 9.59 Å². The Hall–Kier alpha value is -3.42. The van der Waals surface area contributed by atoms with Crippen molar-refractivity contribution in [2.24, 2.45) is 5.92 Å². The lowest BCUT2D eigenvalue weighted by Gasteiger charge is -2.30. The van der Waals surface area contributed by atoms with Crippen molar-refractivity contribution in [3.8, 4) is 0 Å². The van der Waals surface area contributed by atoms with Crippen LogP contribution in [0.3, 0.4) is 0 Å². The number of rotatable bonds is 4. The van der Waals surface area contributed by atoms with Crippen molar-refractivity contribution < 1.29 is 18.4 Å². The number of nitrogens with zero attached hydrogens (tertiary/aromatic N) is 2. The van der Waals surface area contributed by atoms with Crippen LogP contribution in [0, 0.1) is 11.7 Å². The maximum absolute atomic E-state index is 14.1. The van der Waals surface area contributed by atoms with Gasteiger partial charge < -0.3 is 20.0 Å². The van der Waals surface area contributed by atoms with Crippen LogP contribution in [0.2, 0.25) is 0 Å². The van der Waals surface area contributed by atoms with Gasteiger partial charge in [0, 0.05) is 31.6 Å². The number of fused-ring (bicyclic) bond motifs is 1. The number of aromatic nitrogens is 1. The van der Waals surface area contributed by atoms with Crippen molar-refractivity contribution in [2.75, 3.05) is 28.6 Å². The molecule has 0 radical (unpaired) electrons. The third kappa shape index (κ3) is 4.21. The van der Waals surface area contributed by atoms with Crippen LogP contribution in [0.25, 0.3) is 11.1 Å². The zero-order valence-corrected chi connectivity index (χ0v) is 15.9. The van der Waals surface area contributed by atoms with Gasteiger partial charge in [0.1, 0.15) is 11.3 Å². The maximum Gasteiger partial charge on any atom is 0.298 e. The molecule has 1 saturated heterocycles. The van der Waals surface area contributed by atoms with E-state index in [0.29, 0.717) is 37.6 Å². The highest BCUT2D eigenvalue weighted by molar-refractivity contribution is 5.94. The number of hydrogen-bond acceptors (Lipinski definition) is 5. The first-order chi connectivity index (χ1) is 14.0. The first kappa shape index (κ1) is 18.9. The molecular formula is C21H21FN4O3. The van der Waals surface area contributed by atoms with Crippen molar-refractivity contribution in [3.63, 3.8) is 0 Å². The maximum atomic E-state index is 14.1. The normalized spacial score (nSPS) is 14.8. The van der Waals surface area contributed by atoms with Crippen LogP contribution in [-0.4, -0.2) is 29.9 Å². The van der Waals surface area contributed by atoms with Gasteiger partial charge in [0.2, 0.25) is 11.8 Å². The zero-order chi connectivity index (χ0) is 20.4. The second-order valence-corrected chi connectivity index (χ2v) is 7.09. The number of carbonyl (C=O) groups is 2. The molecule has 2 amide bonds. The van der Waals surface area contributed by atoms with Gasteiger partial charge in [0.15, 0.2) is 5.58 Å². The fourth-order valence-electron chi connectivity index (χ4n) is 3.47. The smallest absolute Gasteiger partial charge is 0.298 e. The lowest BCUT2D eigenvalue weighted by Crippen LogP contribution is -2.38. The molecule has 150 valence electrons. The number of hydrogen-bond donors (Lipinski definition) is 2. The minimum atomic E-state index is -0.545. The number of nitrogens with one attached hydrogen (secondary N) is 2. The molecule has 2 heterocycles. The second-order valence-electron chi connectivity index (χ2n) is 7.09. The predicted octanol–water partition coefficient (Wildman–Crippen LogP) is 3.78. The minimum absolute atomic E-state index is 0.0580. The van der Waals surface area contributed by atoms with E-state index in [0.717, 1.165) is 11.1 Å². The number of halogens is 1. The lowest BCUT2D eigenvalue weighted by atomic mass is 9.96. The Balaban J connectivity index is 1.38. The third-order valence-corrected chi connectivity index (χ3v) is 4.96. The molecule has 2 N–H and O–H groups in total. The summed E-state index contributed by atoms with van der Waals surface area (Å²) in [4.78, 5) is 30.3. The van der Waals surface area contributed by atoms with E-state index < -0.39 is 5.82 Å². The van der Waals surface area contributed by atoms with Crippen LogP contribution in [0.1, 0.15) is 19.8 Å². The Morgan fingerprint density at radius 3 is 2.62 bits per heavy atom. The van der Waals surface area contributed by atoms with E-state index in [1.54, 1.807) is 0 Å². The number of benzene rings is 2. The summed E-state index contributed by atoms with van der Waals surface area (Å²) in [5, 5.41) is 5.23. The number of carbonyl (C=O) groups excluding carboxylic acids is 2. The Morgan fingerprint density at radius 1 is 1.14 bits per heavy atom. The van der Waals surface area contributed by atoms with Crippen LogP contribution < -0.4 is 15.5 Å². The Bertz CT molecular complexity index is 1020. The van der Waals surface area contributed by atoms with Crippen molar-refractivity contribution in [1.82, 2.24) is 4.98 Å². The van der Waals surface area contributed by atoms with E-state index in [9.17, 15) is 14.0 Å². The minimum Gasteiger partial charge on any atom is -0.423 e. The molecule has 1 aliphatic heterocycles. The monoisotopic (exact) mass is 396 g/mol. The number of amides is 2. The van der Waals surface area contributed by atoms with E-state index in [2.05, 4.69) is 15.6 Å². The van der Waals surface area contributed by atoms with Gasteiger partial charge in [-0.25, -0.2) is 4.39 Å². The number of oxazole rings is 1. The summed E-state index contributed by atoms with van der Waals surface area (Å²) in [6, 6.07) is 12.2. The van der Waals surface area contributed by atoms with Gasteiger partial charge in [-0.3, -0.25) is 9.59 Å². The second kappa shape index (κ2) is 7.90. The molecule has 4 rings (SSSR count). The van der Waals surface area contributed by atoms with Gasteiger partial charge in [-0.05, 0) is 43.2 Å². The molecule has 0 bridgehead atoms. The molecular weight excluding hydrogens is 375 g/mol. The molecule has 2 aromatic carbocycles. The largest absolute Gasteiger partial charge is 0.423 e. The average molecular weight is 396 g/mol. The molecule has 29 heavy (non-hydrogen) atoms. The quantitative estimate of drug-likeness (QED) is 0.701. The highest BCUT2D eigenvalue weighted by Crippen LogP contribution is 2.27. The van der Waals surface area contributed by atoms with Gasteiger partial charge in [0.05, 0.1) is 5.69 Å². The molecule has 0 unspecified atom stereocenters. The molecule has 1 aromatic heterocycles. The Labute approximate surface area is 166 Å². The predicted molar refractivity (Wildman–Crippen MR) is 108 cm³/mol. The van der Waals surface area contributed by atoms with Crippen LogP contribution in [0.15, 0.2) is 46.9 Å². The molecule has 0 spiro atoms. The van der Waals surface area contributed by atoms with Crippen LogP contribution >= 0.6 is 0 Å². The highest BCUT2D eigenvalue weighted by Gasteiger charge is 2.27. The summed E-state index contributed by atoms with van der Waals surface area (Å²) >= 11 is 0. The summed E-state index contributed by atoms with van der Waals surface area (Å²) in [6.07, 6.45) is 1.22. The summed E-state index contributed by atoms with van der Waals surface area (Å²) in [5.74, 6) is -1.28. The molecule has 1 aliphatic rings. The molecule has 0 atom stereocenters. The molecule has 0 aliphatic carbocycles. The fourth-order valence-corrected chi connectivity index (χ4v) is 3.47. The molecule has 7 nitrogen and oxygen atoms in total. The number of piperidine rings is 1. The van der Waals surface area contributed by atoms with E-state index in [4.69, 9.17) is 4.42 Å². The number of anilines is 3. The van der Waals surface area contributed by atoms with Crippen LogP contribution in [0.5, 0.6) is 0 Å². The van der Waals surface area contributed by atoms with Crippen molar-refractivity contribution >= 4 is 40.3 Å². The van der Waals surface area contributed by atoms with Crippen molar-refractivity contribution in [3.05, 3.63) is 48.3 Å². The van der Waals surface area contributed by atoms with Gasteiger partial charge in [-0.1, -0.05) is 12.1 Å². The van der Waals surface area contributed by atoms with Crippen LogP contribution in [0.4, 0.5) is 21.8 Å². The average Bonchev–Trinajstić information content (AvgIpc) is 3.14. The Morgan fingerprint density at radius 2 is 1.90 bits per heavy atom. The summed E-state index contributed by atoms with van der Waals surface area (Å²) in [6.45, 7) is 2.62. The van der Waals surface area contributed by atoms with E-state index in [-0.39, 0.29) is 23.4 Å². The third-order valence-electron chi connectivity index (χ3n) is 4.96. The summed E-state index contributed by atoms with van der Waals surface area (Å²) in [5.41, 5.74) is 2.02. The highest BCUT2D eigenvalue weighted by atomic mass is 19.1. The summed E-state index contributed by atoms with van der Waals surface area (Å²) in [7, 11) is 0. The molecule has 1 fully saturated rings. The molecule has 0 saturated carbocycles. The van der Waals surface area contributed by atoms with Crippen molar-refractivity contribution in [1.29, 1.82) is 0 Å². The lowest BCUT2D eigenvalue weighted by molar-refractivity contribution is -0.120. The molecule has 8 heteroatoms. The standard InChI is InChI=1S/C21H21FN4O3/c1-13(27)23-15-6-7-16(22)18(12-15)24-20(28)14-8-10-26(11-9-14)21-25-17-4-2-3-5-19(17)29-21/h2-7,12,14H,8-11H2,1H3,(H,23,27)(H,24,28). The number of para-hydroxylation sites is 2. The SMILES string of the molecule is CC(=O)Nc1ccc(F)c(NC(=O)C2CCN(c3nc4ccccc4o3)CC2)c1. The first-order valence-electron chi connectivity index (χ1n) is 9.48. The van der Waals surface area contributed by atoms with Gasteiger partial charge >= 0.3 is 0 Å². The zero-order valence-electron chi connectivity index (χ0n) is 15.9. The first-order valence-corrected chi connectivity index (χ1v) is 9.48. The molecule has 3 aromatic rings. The van der Waals surface area contributed by atoms with E-state index >= 15 is 0 Å². The Kier molecular flexibility index (Phi) is 5.16. The van der Waals surface area contributed by atoms with Crippen molar-refractivity contribution in [2.45, 2.75) is 19.8 Å². The topological polar surface area (TPSA) is 87.5 Å². The van der Waals surface area contributed by atoms with Gasteiger partial charge in [-0.2, -0.15) is 4.98 Å². The van der Waals surface area contributed by atoms with E-state index in [1.165, 1.54) is 25.1 Å². The fraction of sp³-hybridized carbons (Fsp3) is 0.286. The van der Waals surface area contributed by atoms with Gasteiger partial charge in [-0.15, -0.1) is 0 Å².